The highest BCUT2D eigenvalue weighted by Crippen LogP contribution is 2.26. The lowest BCUT2D eigenvalue weighted by molar-refractivity contribution is -0.123. The van der Waals surface area contributed by atoms with Crippen molar-refractivity contribution in [2.45, 2.75) is 27.2 Å². The Kier molecular flexibility index (Phi) is 6.63. The van der Waals surface area contributed by atoms with Crippen molar-refractivity contribution in [1.29, 1.82) is 0 Å². The van der Waals surface area contributed by atoms with Gasteiger partial charge in [-0.1, -0.05) is 48.8 Å². The second kappa shape index (κ2) is 8.99. The van der Waals surface area contributed by atoms with Crippen LogP contribution in [0.5, 0.6) is 0 Å². The summed E-state index contributed by atoms with van der Waals surface area (Å²) in [5.41, 5.74) is 1.91. The number of carbonyl (C=O) groups excluding carboxylic acids is 2. The number of nitrogens with one attached hydrogen (secondary N) is 2. The van der Waals surface area contributed by atoms with Crippen molar-refractivity contribution < 1.29 is 9.59 Å². The fourth-order valence-electron chi connectivity index (χ4n) is 3.30. The normalized spacial score (nSPS) is 16.6. The summed E-state index contributed by atoms with van der Waals surface area (Å²) in [4.78, 5) is 27.1. The molecule has 5 nitrogen and oxygen atoms in total. The van der Waals surface area contributed by atoms with Crippen molar-refractivity contribution in [3.05, 3.63) is 58.6 Å². The number of rotatable bonds is 5. The highest BCUT2D eigenvalue weighted by Gasteiger charge is 2.24. The molecule has 0 bridgehead atoms. The quantitative estimate of drug-likeness (QED) is 0.684. The Bertz CT molecular complexity index is 892. The van der Waals surface area contributed by atoms with Crippen molar-refractivity contribution >= 4 is 39.1 Å². The van der Waals surface area contributed by atoms with E-state index in [4.69, 9.17) is 0 Å². The van der Waals surface area contributed by atoms with E-state index < -0.39 is 5.41 Å². The van der Waals surface area contributed by atoms with Crippen LogP contribution in [0.25, 0.3) is 0 Å². The molecule has 0 radical (unpaired) electrons. The number of carbonyl (C=O) groups is 2. The molecule has 0 spiro atoms. The van der Waals surface area contributed by atoms with Gasteiger partial charge in [0.15, 0.2) is 0 Å². The predicted molar refractivity (Wildman–Crippen MR) is 121 cm³/mol. The molecule has 0 saturated carbocycles. The third-order valence-electron chi connectivity index (χ3n) is 5.07. The highest BCUT2D eigenvalue weighted by atomic mass is 79.9. The molecule has 2 amide bonds. The molecular weight excluding hydrogens is 430 g/mol. The van der Waals surface area contributed by atoms with Gasteiger partial charge in [-0.15, -0.1) is 0 Å². The van der Waals surface area contributed by atoms with Crippen LogP contribution in [0.1, 0.15) is 37.6 Å². The molecule has 2 N–H and O–H groups in total. The second-order valence-corrected chi connectivity index (χ2v) is 9.49. The maximum Gasteiger partial charge on any atom is 0.251 e. The van der Waals surface area contributed by atoms with E-state index in [-0.39, 0.29) is 11.8 Å². The van der Waals surface area contributed by atoms with Gasteiger partial charge in [0.05, 0.1) is 0 Å². The molecule has 29 heavy (non-hydrogen) atoms. The monoisotopic (exact) mass is 457 g/mol. The van der Waals surface area contributed by atoms with Crippen molar-refractivity contribution in [2.75, 3.05) is 29.9 Å². The molecule has 1 unspecified atom stereocenters. The SMILES string of the molecule is CC(C)(C)C(=O)Nc1cccc(C(=O)NCC2CCN(c3cccc(Br)c3)C2)c1. The highest BCUT2D eigenvalue weighted by molar-refractivity contribution is 9.10. The number of anilines is 2. The van der Waals surface area contributed by atoms with E-state index in [1.165, 1.54) is 5.69 Å². The first-order chi connectivity index (χ1) is 13.7. The van der Waals surface area contributed by atoms with Crippen LogP contribution in [0.15, 0.2) is 53.0 Å². The van der Waals surface area contributed by atoms with Gasteiger partial charge >= 0.3 is 0 Å². The molecule has 1 heterocycles. The smallest absolute Gasteiger partial charge is 0.251 e. The summed E-state index contributed by atoms with van der Waals surface area (Å²) in [6, 6.07) is 15.4. The topological polar surface area (TPSA) is 61.4 Å². The van der Waals surface area contributed by atoms with Gasteiger partial charge in [0.25, 0.3) is 5.91 Å². The molecule has 2 aromatic rings. The van der Waals surface area contributed by atoms with Crippen LogP contribution in [0.4, 0.5) is 11.4 Å². The Balaban J connectivity index is 1.53. The minimum atomic E-state index is -0.485. The second-order valence-electron chi connectivity index (χ2n) is 8.58. The molecule has 1 fully saturated rings. The third kappa shape index (κ3) is 5.82. The van der Waals surface area contributed by atoms with Gasteiger partial charge in [-0.3, -0.25) is 9.59 Å². The molecule has 2 aromatic carbocycles. The molecule has 1 saturated heterocycles. The van der Waals surface area contributed by atoms with E-state index in [0.717, 1.165) is 24.0 Å². The maximum absolute atomic E-state index is 12.6. The van der Waals surface area contributed by atoms with E-state index in [9.17, 15) is 9.59 Å². The summed E-state index contributed by atoms with van der Waals surface area (Å²) in [5, 5.41) is 5.92. The van der Waals surface area contributed by atoms with Gasteiger partial charge in [-0.25, -0.2) is 0 Å². The van der Waals surface area contributed by atoms with Gasteiger partial charge < -0.3 is 15.5 Å². The number of halogens is 1. The van der Waals surface area contributed by atoms with Crippen LogP contribution < -0.4 is 15.5 Å². The zero-order valence-electron chi connectivity index (χ0n) is 17.2. The lowest BCUT2D eigenvalue weighted by atomic mass is 9.95. The first-order valence-electron chi connectivity index (χ1n) is 9.92. The number of hydrogen-bond donors (Lipinski definition) is 2. The van der Waals surface area contributed by atoms with Crippen molar-refractivity contribution in [1.82, 2.24) is 5.32 Å². The summed E-state index contributed by atoms with van der Waals surface area (Å²) in [6.45, 7) is 8.14. The van der Waals surface area contributed by atoms with E-state index >= 15 is 0 Å². The van der Waals surface area contributed by atoms with Crippen molar-refractivity contribution in [3.63, 3.8) is 0 Å². The number of nitrogens with zero attached hydrogens (tertiary/aromatic N) is 1. The minimum Gasteiger partial charge on any atom is -0.371 e. The largest absolute Gasteiger partial charge is 0.371 e. The summed E-state index contributed by atoms with van der Waals surface area (Å²) >= 11 is 3.52. The van der Waals surface area contributed by atoms with Crippen LogP contribution in [0.2, 0.25) is 0 Å². The molecule has 6 heteroatoms. The first kappa shape index (κ1) is 21.4. The van der Waals surface area contributed by atoms with E-state index in [0.29, 0.717) is 23.7 Å². The van der Waals surface area contributed by atoms with Crippen LogP contribution in [-0.4, -0.2) is 31.4 Å². The van der Waals surface area contributed by atoms with Crippen LogP contribution >= 0.6 is 15.9 Å². The van der Waals surface area contributed by atoms with Crippen LogP contribution in [0.3, 0.4) is 0 Å². The van der Waals surface area contributed by atoms with Gasteiger partial charge in [0.2, 0.25) is 5.91 Å². The third-order valence-corrected chi connectivity index (χ3v) is 5.57. The average molecular weight is 458 g/mol. The van der Waals surface area contributed by atoms with Gasteiger partial charge in [-0.05, 0) is 48.7 Å². The fourth-order valence-corrected chi connectivity index (χ4v) is 3.69. The Hall–Kier alpha value is -2.34. The zero-order chi connectivity index (χ0) is 21.0. The lowest BCUT2D eigenvalue weighted by Crippen LogP contribution is -2.31. The molecule has 0 aliphatic carbocycles. The molecule has 0 aromatic heterocycles. The lowest BCUT2D eigenvalue weighted by Gasteiger charge is -2.19. The fraction of sp³-hybridized carbons (Fsp3) is 0.391. The number of amides is 2. The number of hydrogen-bond acceptors (Lipinski definition) is 3. The number of benzene rings is 2. The molecule has 3 rings (SSSR count). The summed E-state index contributed by atoms with van der Waals surface area (Å²) in [5.74, 6) is 0.230. The standard InChI is InChI=1S/C23H28BrN3O2/c1-23(2,3)22(29)26-19-8-4-6-17(12-19)21(28)25-14-16-10-11-27(15-16)20-9-5-7-18(24)13-20/h4-9,12-13,16H,10-11,14-15H2,1-3H3,(H,25,28)(H,26,29). The van der Waals surface area contributed by atoms with Gasteiger partial charge in [0, 0.05) is 46.5 Å². The molecule has 1 aliphatic heterocycles. The van der Waals surface area contributed by atoms with Gasteiger partial charge in [0.1, 0.15) is 0 Å². The summed E-state index contributed by atoms with van der Waals surface area (Å²) < 4.78 is 1.07. The average Bonchev–Trinajstić information content (AvgIpc) is 3.14. The molecule has 1 atom stereocenters. The Morgan fingerprint density at radius 3 is 2.62 bits per heavy atom. The maximum atomic E-state index is 12.6. The van der Waals surface area contributed by atoms with Crippen molar-refractivity contribution in [2.24, 2.45) is 11.3 Å². The van der Waals surface area contributed by atoms with E-state index in [1.54, 1.807) is 24.3 Å². The van der Waals surface area contributed by atoms with Gasteiger partial charge in [-0.2, -0.15) is 0 Å². The Morgan fingerprint density at radius 2 is 1.90 bits per heavy atom. The Labute approximate surface area is 181 Å². The predicted octanol–water partition coefficient (Wildman–Crippen LogP) is 4.69. The van der Waals surface area contributed by atoms with Crippen molar-refractivity contribution in [3.8, 4) is 0 Å². The zero-order valence-corrected chi connectivity index (χ0v) is 18.8. The van der Waals surface area contributed by atoms with Crippen LogP contribution in [0, 0.1) is 11.3 Å². The van der Waals surface area contributed by atoms with E-state index in [1.807, 2.05) is 32.9 Å². The molecule has 1 aliphatic rings. The molecule has 154 valence electrons. The first-order valence-corrected chi connectivity index (χ1v) is 10.7. The molecular formula is C23H28BrN3O2. The summed E-state index contributed by atoms with van der Waals surface area (Å²) in [7, 11) is 0. The van der Waals surface area contributed by atoms with Crippen LogP contribution in [-0.2, 0) is 4.79 Å². The Morgan fingerprint density at radius 1 is 1.14 bits per heavy atom. The summed E-state index contributed by atoms with van der Waals surface area (Å²) in [6.07, 6.45) is 1.05. The van der Waals surface area contributed by atoms with E-state index in [2.05, 4.69) is 43.6 Å². The minimum absolute atomic E-state index is 0.0753.